The number of nitrogens with zero attached hydrogens (tertiary/aromatic N) is 4. The van der Waals surface area contributed by atoms with Gasteiger partial charge in [-0.1, -0.05) is 55.8 Å². The molecule has 3 heterocycles. The predicted octanol–water partition coefficient (Wildman–Crippen LogP) is 6.88. The first-order valence-electron chi connectivity index (χ1n) is 10.7. The van der Waals surface area contributed by atoms with E-state index in [1.165, 1.54) is 28.0 Å². The van der Waals surface area contributed by atoms with E-state index in [2.05, 4.69) is 50.4 Å². The van der Waals surface area contributed by atoms with Crippen molar-refractivity contribution in [3.63, 3.8) is 0 Å². The number of halogens is 1. The van der Waals surface area contributed by atoms with Crippen LogP contribution in [-0.4, -0.2) is 31.4 Å². The SMILES string of the molecule is CCCc1cc(-c2nnc(SCC(=O)Nc3nc(-c4ccc(Cl)cc4)cs3)n2CCC)cs1. The molecule has 4 rings (SSSR count). The zero-order valence-corrected chi connectivity index (χ0v) is 21.6. The van der Waals surface area contributed by atoms with Crippen LogP contribution in [0, 0.1) is 0 Å². The third kappa shape index (κ3) is 6.03. The van der Waals surface area contributed by atoms with E-state index < -0.39 is 0 Å². The van der Waals surface area contributed by atoms with E-state index in [0.717, 1.165) is 53.6 Å². The number of thiazole rings is 1. The second-order valence-corrected chi connectivity index (χ2v) is 10.6. The number of carbonyl (C=O) groups excluding carboxylic acids is 1. The molecule has 0 unspecified atom stereocenters. The maximum absolute atomic E-state index is 12.6. The number of thioether (sulfide) groups is 1. The van der Waals surface area contributed by atoms with Crippen molar-refractivity contribution in [3.05, 3.63) is 51.0 Å². The van der Waals surface area contributed by atoms with Gasteiger partial charge in [-0.2, -0.15) is 0 Å². The Morgan fingerprint density at radius 1 is 1.09 bits per heavy atom. The summed E-state index contributed by atoms with van der Waals surface area (Å²) in [4.78, 5) is 18.4. The van der Waals surface area contributed by atoms with Gasteiger partial charge in [0, 0.05) is 38.3 Å². The zero-order chi connectivity index (χ0) is 23.2. The monoisotopic (exact) mass is 517 g/mol. The van der Waals surface area contributed by atoms with Crippen molar-refractivity contribution < 1.29 is 4.79 Å². The quantitative estimate of drug-likeness (QED) is 0.232. The fourth-order valence-electron chi connectivity index (χ4n) is 3.28. The minimum Gasteiger partial charge on any atom is -0.302 e. The highest BCUT2D eigenvalue weighted by Crippen LogP contribution is 2.29. The van der Waals surface area contributed by atoms with Crippen molar-refractivity contribution in [2.24, 2.45) is 0 Å². The van der Waals surface area contributed by atoms with Crippen LogP contribution >= 0.6 is 46.0 Å². The minimum absolute atomic E-state index is 0.120. The summed E-state index contributed by atoms with van der Waals surface area (Å²) in [6.45, 7) is 5.12. The van der Waals surface area contributed by atoms with E-state index in [0.29, 0.717) is 10.2 Å². The summed E-state index contributed by atoms with van der Waals surface area (Å²) in [6.07, 6.45) is 3.16. The Hall–Kier alpha value is -2.20. The Labute approximate surface area is 210 Å². The maximum atomic E-state index is 12.6. The van der Waals surface area contributed by atoms with Crippen molar-refractivity contribution >= 4 is 57.1 Å². The number of carbonyl (C=O) groups is 1. The van der Waals surface area contributed by atoms with Crippen LogP contribution in [0.1, 0.15) is 31.6 Å². The molecule has 33 heavy (non-hydrogen) atoms. The lowest BCUT2D eigenvalue weighted by molar-refractivity contribution is -0.113. The molecule has 1 N–H and O–H groups in total. The number of nitrogens with one attached hydrogen (secondary N) is 1. The average Bonchev–Trinajstić information content (AvgIpc) is 3.54. The number of aryl methyl sites for hydroxylation is 1. The van der Waals surface area contributed by atoms with Gasteiger partial charge in [0.2, 0.25) is 5.91 Å². The second kappa shape index (κ2) is 11.3. The molecule has 10 heteroatoms. The van der Waals surface area contributed by atoms with E-state index in [9.17, 15) is 4.79 Å². The molecule has 0 saturated heterocycles. The molecule has 6 nitrogen and oxygen atoms in total. The number of hydrogen-bond acceptors (Lipinski definition) is 7. The lowest BCUT2D eigenvalue weighted by Gasteiger charge is -2.08. The minimum atomic E-state index is -0.120. The Morgan fingerprint density at radius 2 is 1.91 bits per heavy atom. The van der Waals surface area contributed by atoms with E-state index in [-0.39, 0.29) is 11.7 Å². The number of benzene rings is 1. The van der Waals surface area contributed by atoms with Crippen molar-refractivity contribution in [1.29, 1.82) is 0 Å². The summed E-state index contributed by atoms with van der Waals surface area (Å²) in [5.41, 5.74) is 2.87. The fraction of sp³-hybridized carbons (Fsp3) is 0.304. The van der Waals surface area contributed by atoms with Crippen LogP contribution in [0.3, 0.4) is 0 Å². The van der Waals surface area contributed by atoms with Crippen LogP contribution in [-0.2, 0) is 17.8 Å². The fourth-order valence-corrected chi connectivity index (χ4v) is 5.87. The average molecular weight is 518 g/mol. The van der Waals surface area contributed by atoms with Crippen molar-refractivity contribution in [3.8, 4) is 22.6 Å². The van der Waals surface area contributed by atoms with Gasteiger partial charge in [-0.25, -0.2) is 4.98 Å². The maximum Gasteiger partial charge on any atom is 0.236 e. The van der Waals surface area contributed by atoms with Crippen LogP contribution < -0.4 is 5.32 Å². The summed E-state index contributed by atoms with van der Waals surface area (Å²) in [6, 6.07) is 9.68. The Morgan fingerprint density at radius 3 is 2.67 bits per heavy atom. The van der Waals surface area contributed by atoms with Crippen LogP contribution in [0.2, 0.25) is 5.02 Å². The molecule has 4 aromatic rings. The van der Waals surface area contributed by atoms with Gasteiger partial charge in [0.1, 0.15) is 0 Å². The highest BCUT2D eigenvalue weighted by atomic mass is 35.5. The first kappa shape index (κ1) is 23.9. The van der Waals surface area contributed by atoms with Gasteiger partial charge in [-0.3, -0.25) is 4.79 Å². The molecule has 3 aromatic heterocycles. The van der Waals surface area contributed by atoms with Gasteiger partial charge >= 0.3 is 0 Å². The van der Waals surface area contributed by atoms with Gasteiger partial charge in [0.05, 0.1) is 11.4 Å². The van der Waals surface area contributed by atoms with Crippen molar-refractivity contribution in [2.75, 3.05) is 11.1 Å². The zero-order valence-electron chi connectivity index (χ0n) is 18.4. The number of aromatic nitrogens is 4. The summed E-state index contributed by atoms with van der Waals surface area (Å²) < 4.78 is 2.11. The largest absolute Gasteiger partial charge is 0.302 e. The molecule has 0 spiro atoms. The van der Waals surface area contributed by atoms with E-state index in [4.69, 9.17) is 11.6 Å². The van der Waals surface area contributed by atoms with Crippen LogP contribution in [0.4, 0.5) is 5.13 Å². The molecule has 0 saturated carbocycles. The van der Waals surface area contributed by atoms with Gasteiger partial charge in [0.15, 0.2) is 16.1 Å². The molecule has 0 aliphatic carbocycles. The first-order chi connectivity index (χ1) is 16.1. The van der Waals surface area contributed by atoms with Gasteiger partial charge in [-0.15, -0.1) is 32.9 Å². The van der Waals surface area contributed by atoms with Crippen molar-refractivity contribution in [2.45, 2.75) is 44.8 Å². The number of hydrogen-bond donors (Lipinski definition) is 1. The van der Waals surface area contributed by atoms with E-state index in [1.54, 1.807) is 11.3 Å². The normalized spacial score (nSPS) is 11.1. The molecule has 1 amide bonds. The van der Waals surface area contributed by atoms with Gasteiger partial charge in [0.25, 0.3) is 0 Å². The molecule has 0 atom stereocenters. The molecule has 1 aromatic carbocycles. The number of amides is 1. The molecule has 172 valence electrons. The molecule has 0 aliphatic heterocycles. The first-order valence-corrected chi connectivity index (χ1v) is 13.8. The van der Waals surface area contributed by atoms with Gasteiger partial charge < -0.3 is 9.88 Å². The number of thiophene rings is 1. The van der Waals surface area contributed by atoms with Crippen molar-refractivity contribution in [1.82, 2.24) is 19.7 Å². The summed E-state index contributed by atoms with van der Waals surface area (Å²) in [5, 5.41) is 17.8. The molecule has 0 aliphatic rings. The Bertz CT molecular complexity index is 1220. The summed E-state index contributed by atoms with van der Waals surface area (Å²) >= 11 is 10.5. The number of rotatable bonds is 10. The van der Waals surface area contributed by atoms with E-state index >= 15 is 0 Å². The predicted molar refractivity (Wildman–Crippen MR) is 140 cm³/mol. The van der Waals surface area contributed by atoms with Crippen LogP contribution in [0.5, 0.6) is 0 Å². The molecular formula is C23H24ClN5OS3. The number of anilines is 1. The Balaban J connectivity index is 1.40. The molecule has 0 bridgehead atoms. The molecular weight excluding hydrogens is 494 g/mol. The lowest BCUT2D eigenvalue weighted by Crippen LogP contribution is -2.14. The molecule has 0 fully saturated rings. The molecule has 0 radical (unpaired) electrons. The van der Waals surface area contributed by atoms with Gasteiger partial charge in [-0.05, 0) is 31.0 Å². The van der Waals surface area contributed by atoms with Crippen LogP contribution in [0.15, 0.2) is 46.2 Å². The van der Waals surface area contributed by atoms with Crippen LogP contribution in [0.25, 0.3) is 22.6 Å². The summed E-state index contributed by atoms with van der Waals surface area (Å²) in [5.74, 6) is 0.985. The highest BCUT2D eigenvalue weighted by molar-refractivity contribution is 7.99. The summed E-state index contributed by atoms with van der Waals surface area (Å²) in [7, 11) is 0. The highest BCUT2D eigenvalue weighted by Gasteiger charge is 2.17. The third-order valence-electron chi connectivity index (χ3n) is 4.80. The Kier molecular flexibility index (Phi) is 8.19. The standard InChI is InChI=1S/C23H24ClN5OS3/c1-3-5-18-11-16(12-31-18)21-27-28-23(29(21)10-4-2)33-14-20(30)26-22-25-19(13-32-22)15-6-8-17(24)9-7-15/h6-9,11-13H,3-5,10,14H2,1-2H3,(H,25,26,30). The third-order valence-corrected chi connectivity index (χ3v) is 7.77. The topological polar surface area (TPSA) is 72.7 Å². The van der Waals surface area contributed by atoms with E-state index in [1.807, 2.05) is 29.6 Å². The smallest absolute Gasteiger partial charge is 0.236 e. The lowest BCUT2D eigenvalue weighted by atomic mass is 10.2. The second-order valence-electron chi connectivity index (χ2n) is 7.39.